The molecule has 4 aromatic carbocycles. The Kier molecular flexibility index (Phi) is 15.9. The van der Waals surface area contributed by atoms with Crippen molar-refractivity contribution in [1.82, 2.24) is 4.90 Å². The van der Waals surface area contributed by atoms with E-state index in [9.17, 15) is 25.1 Å². The third-order valence-electron chi connectivity index (χ3n) is 12.7. The molecule has 65 heavy (non-hydrogen) atoms. The molecule has 0 spiro atoms. The maximum atomic E-state index is 14.0. The average molecular weight is 886 g/mol. The van der Waals surface area contributed by atoms with E-state index in [0.717, 1.165) is 47.9 Å². The van der Waals surface area contributed by atoms with Gasteiger partial charge in [-0.3, -0.25) is 10.1 Å². The Morgan fingerprint density at radius 2 is 1.63 bits per heavy atom. The Morgan fingerprint density at radius 1 is 0.923 bits per heavy atom. The number of nitro benzene ring substituents is 1. The average Bonchev–Trinajstić information content (AvgIpc) is 3.32. The molecule has 1 heterocycles. The molecule has 6 atom stereocenters. The van der Waals surface area contributed by atoms with Crippen LogP contribution in [0.15, 0.2) is 139 Å². The number of ether oxygens (including phenoxy) is 4. The van der Waals surface area contributed by atoms with E-state index >= 15 is 0 Å². The van der Waals surface area contributed by atoms with Gasteiger partial charge in [0.25, 0.3) is 5.69 Å². The van der Waals surface area contributed by atoms with E-state index in [2.05, 4.69) is 31.4 Å². The number of rotatable bonds is 22. The highest BCUT2D eigenvalue weighted by Gasteiger charge is 2.65. The first kappa shape index (κ1) is 46.7. The van der Waals surface area contributed by atoms with Crippen molar-refractivity contribution in [3.63, 3.8) is 0 Å². The first-order valence-electron chi connectivity index (χ1n) is 22.5. The molecule has 0 saturated heterocycles. The number of oxime groups is 1. The number of unbranched alkanes of at least 4 members (excludes halogenated alkanes) is 2. The number of aliphatic hydroxyl groups excluding tert-OH is 2. The summed E-state index contributed by atoms with van der Waals surface area (Å²) in [4.78, 5) is 32.5. The van der Waals surface area contributed by atoms with Crippen molar-refractivity contribution in [2.45, 2.75) is 75.7 Å². The van der Waals surface area contributed by atoms with E-state index in [1.807, 2.05) is 60.7 Å². The lowest BCUT2D eigenvalue weighted by Gasteiger charge is -2.59. The topological polar surface area (TPSA) is 162 Å². The van der Waals surface area contributed by atoms with Gasteiger partial charge < -0.3 is 38.9 Å². The minimum Gasteiger partial charge on any atom is -0.459 e. The second-order valence-corrected chi connectivity index (χ2v) is 16.8. The zero-order chi connectivity index (χ0) is 45.8. The Morgan fingerprint density at radius 3 is 2.32 bits per heavy atom. The van der Waals surface area contributed by atoms with Crippen LogP contribution in [0.1, 0.15) is 68.4 Å². The van der Waals surface area contributed by atoms with E-state index in [0.29, 0.717) is 47.8 Å². The molecular formula is C52H59N3O10. The Bertz CT molecular complexity index is 2320. The minimum absolute atomic E-state index is 0.00892. The van der Waals surface area contributed by atoms with Crippen LogP contribution in [0.4, 0.5) is 10.5 Å². The number of amides is 1. The maximum Gasteiger partial charge on any atom is 0.409 e. The number of allylic oxidation sites excluding steroid dienone is 1. The number of benzene rings is 4. The summed E-state index contributed by atoms with van der Waals surface area (Å²) in [6, 6.07) is 29.3. The summed E-state index contributed by atoms with van der Waals surface area (Å²) in [6.45, 7) is 8.19. The zero-order valence-corrected chi connectivity index (χ0v) is 37.0. The Hall–Kier alpha value is -6.28. The number of nitro groups is 1. The van der Waals surface area contributed by atoms with Crippen molar-refractivity contribution in [3.05, 3.63) is 155 Å². The molecule has 7 rings (SSSR count). The molecule has 3 aliphatic rings. The summed E-state index contributed by atoms with van der Waals surface area (Å²) < 4.78 is 26.5. The fourth-order valence-corrected chi connectivity index (χ4v) is 9.63. The fourth-order valence-electron chi connectivity index (χ4n) is 9.63. The molecular weight excluding hydrogens is 827 g/mol. The molecule has 1 aliphatic heterocycles. The van der Waals surface area contributed by atoms with E-state index in [1.54, 1.807) is 31.3 Å². The third kappa shape index (κ3) is 10.6. The summed E-state index contributed by atoms with van der Waals surface area (Å²) >= 11 is 0. The molecule has 4 aromatic rings. The van der Waals surface area contributed by atoms with Gasteiger partial charge in [0.05, 0.1) is 29.8 Å². The molecule has 0 unspecified atom stereocenters. The van der Waals surface area contributed by atoms with Gasteiger partial charge in [0.15, 0.2) is 0 Å². The summed E-state index contributed by atoms with van der Waals surface area (Å²) in [5.74, 6) is -0.338. The minimum atomic E-state index is -1.46. The molecule has 13 heteroatoms. The van der Waals surface area contributed by atoms with Crippen LogP contribution in [0.3, 0.4) is 0 Å². The summed E-state index contributed by atoms with van der Waals surface area (Å²) in [5.41, 5.74) is 5.24. The van der Waals surface area contributed by atoms with Crippen molar-refractivity contribution in [2.75, 3.05) is 33.5 Å². The number of hydrogen-bond donors (Lipinski definition) is 2. The molecule has 1 fully saturated rings. The summed E-state index contributed by atoms with van der Waals surface area (Å²) in [7, 11) is 1.68. The SMILES string of the molecule is C=CCCOC(=O)N(C)[C@H]1CC(=NOCc2ccc([N+](=O)[O-])cc2)C2=C[C@H](CCCCO)[C@@H](CCCCO)[C@@H]3c4cc(Oc5ccc(-c6ccccc6)cc5)ccc4O[C@@]1(OCC=C)[C@H]23. The number of non-ortho nitro benzene ring substituents is 1. The van der Waals surface area contributed by atoms with Gasteiger partial charge in [-0.25, -0.2) is 4.79 Å². The van der Waals surface area contributed by atoms with Gasteiger partial charge in [0.2, 0.25) is 5.79 Å². The zero-order valence-electron chi connectivity index (χ0n) is 37.0. The maximum absolute atomic E-state index is 14.0. The molecule has 1 amide bonds. The monoisotopic (exact) mass is 885 g/mol. The fraction of sp³-hybridized carbons (Fsp3) is 0.385. The molecule has 0 radical (unpaired) electrons. The van der Waals surface area contributed by atoms with Crippen molar-refractivity contribution in [1.29, 1.82) is 0 Å². The van der Waals surface area contributed by atoms with Crippen LogP contribution in [0.2, 0.25) is 0 Å². The van der Waals surface area contributed by atoms with Gasteiger partial charge in [0, 0.05) is 50.3 Å². The third-order valence-corrected chi connectivity index (χ3v) is 12.7. The highest BCUT2D eigenvalue weighted by molar-refractivity contribution is 6.03. The molecule has 1 saturated carbocycles. The van der Waals surface area contributed by atoms with Crippen molar-refractivity contribution in [2.24, 2.45) is 22.9 Å². The van der Waals surface area contributed by atoms with Crippen LogP contribution in [0.25, 0.3) is 11.1 Å². The van der Waals surface area contributed by atoms with E-state index in [1.165, 1.54) is 17.0 Å². The first-order chi connectivity index (χ1) is 31.7. The molecule has 0 aromatic heterocycles. The van der Waals surface area contributed by atoms with Crippen molar-refractivity contribution >= 4 is 17.5 Å². The Labute approximate surface area is 380 Å². The highest BCUT2D eigenvalue weighted by atomic mass is 16.7. The molecule has 2 N–H and O–H groups in total. The lowest BCUT2D eigenvalue weighted by molar-refractivity contribution is -0.384. The van der Waals surface area contributed by atoms with Crippen molar-refractivity contribution in [3.8, 4) is 28.4 Å². The number of carbonyl (C=O) groups is 1. The van der Waals surface area contributed by atoms with Gasteiger partial charge in [0.1, 0.15) is 29.9 Å². The second-order valence-electron chi connectivity index (χ2n) is 16.8. The largest absolute Gasteiger partial charge is 0.459 e. The van der Waals surface area contributed by atoms with Crippen LogP contribution in [0, 0.1) is 27.9 Å². The number of fused-ring (bicyclic) bond motifs is 2. The van der Waals surface area contributed by atoms with Crippen LogP contribution < -0.4 is 9.47 Å². The van der Waals surface area contributed by atoms with Gasteiger partial charge in [-0.05, 0) is 109 Å². The van der Waals surface area contributed by atoms with Crippen LogP contribution in [-0.4, -0.2) is 77.1 Å². The lowest BCUT2D eigenvalue weighted by Crippen LogP contribution is -2.69. The van der Waals surface area contributed by atoms with Gasteiger partial charge >= 0.3 is 6.09 Å². The summed E-state index contributed by atoms with van der Waals surface area (Å²) in [5, 5.41) is 36.0. The molecule has 342 valence electrons. The number of aliphatic hydroxyl groups is 2. The van der Waals surface area contributed by atoms with E-state index in [4.69, 9.17) is 28.9 Å². The van der Waals surface area contributed by atoms with Gasteiger partial charge in [-0.1, -0.05) is 78.7 Å². The predicted octanol–water partition coefficient (Wildman–Crippen LogP) is 10.5. The number of likely N-dealkylation sites (N-methyl/N-ethyl adjacent to an activating group) is 1. The highest BCUT2D eigenvalue weighted by Crippen LogP contribution is 2.62. The Balaban J connectivity index is 1.36. The lowest BCUT2D eigenvalue weighted by atomic mass is 9.55. The first-order valence-corrected chi connectivity index (χ1v) is 22.5. The smallest absolute Gasteiger partial charge is 0.409 e. The predicted molar refractivity (Wildman–Crippen MR) is 249 cm³/mol. The quantitative estimate of drug-likeness (QED) is 0.0336. The van der Waals surface area contributed by atoms with E-state index < -0.39 is 28.8 Å². The van der Waals surface area contributed by atoms with Crippen LogP contribution in [0.5, 0.6) is 17.2 Å². The molecule has 13 nitrogen and oxygen atoms in total. The van der Waals surface area contributed by atoms with Crippen LogP contribution >= 0.6 is 0 Å². The second kappa shape index (κ2) is 22.1. The number of carbonyl (C=O) groups excluding carboxylic acids is 1. The number of hydrogen-bond acceptors (Lipinski definition) is 11. The normalized spacial score (nSPS) is 22.4. The van der Waals surface area contributed by atoms with Gasteiger partial charge in [-0.2, -0.15) is 0 Å². The summed E-state index contributed by atoms with van der Waals surface area (Å²) in [6.07, 6.45) is 10.1. The number of nitrogens with zero attached hydrogens (tertiary/aromatic N) is 3. The van der Waals surface area contributed by atoms with Crippen LogP contribution in [-0.2, 0) is 20.9 Å². The van der Waals surface area contributed by atoms with Gasteiger partial charge in [-0.15, -0.1) is 13.2 Å². The standard InChI is InChI=1S/C52H59N3O10/c1-4-6-31-61-51(58)54(3)48-34-46(53-63-35-36-18-22-40(23-19-36)55(59)60)44-32-39(16-10-12-28-56)43(17-11-13-29-57)49-45-33-42(26-27-47(45)65-52(48,50(44)49)62-30-5-2)64-41-24-20-38(21-25-41)37-14-8-7-9-15-37/h4-5,7-9,14-15,18-27,32-33,39,43,48-50,56-57H,1-2,6,10-13,16-17,28-31,34-35H2,3H3/t39-,43+,48-,49+,50+,52+/m0/s1. The van der Waals surface area contributed by atoms with E-state index in [-0.39, 0.29) is 62.9 Å². The molecule has 0 bridgehead atoms. The van der Waals surface area contributed by atoms with Crippen molar-refractivity contribution < 1.29 is 43.7 Å². The molecule has 2 aliphatic carbocycles.